The Bertz CT molecular complexity index is 1490. The molecule has 2 amide bonds. The summed E-state index contributed by atoms with van der Waals surface area (Å²) in [7, 11) is -4.83. The van der Waals surface area contributed by atoms with Gasteiger partial charge in [-0.2, -0.15) is 17.8 Å². The molecule has 0 aliphatic carbocycles. The first kappa shape index (κ1) is 29.6. The summed E-state index contributed by atoms with van der Waals surface area (Å²) in [4.78, 5) is 50.1. The largest absolute Gasteiger partial charge is 0.489 e. The summed E-state index contributed by atoms with van der Waals surface area (Å²) in [6.45, 7) is 2.24. The van der Waals surface area contributed by atoms with Gasteiger partial charge in [0.05, 0.1) is 12.1 Å². The van der Waals surface area contributed by atoms with Crippen molar-refractivity contribution in [2.75, 3.05) is 25.4 Å². The molecule has 1 aromatic heterocycles. The molecule has 2 aromatic rings. The summed E-state index contributed by atoms with van der Waals surface area (Å²) in [6.07, 6.45) is -1.70. The van der Waals surface area contributed by atoms with Crippen molar-refractivity contribution in [2.24, 2.45) is 15.9 Å². The zero-order valence-corrected chi connectivity index (χ0v) is 22.8. The quantitative estimate of drug-likeness (QED) is 0.0479. The first-order chi connectivity index (χ1) is 19.3. The maximum absolute atomic E-state index is 12.9. The van der Waals surface area contributed by atoms with E-state index in [2.05, 4.69) is 30.1 Å². The number of carbonyl (C=O) groups excluding carboxylic acids is 2. The van der Waals surface area contributed by atoms with Crippen LogP contribution in [0.4, 0.5) is 5.13 Å². The summed E-state index contributed by atoms with van der Waals surface area (Å²) in [5, 5.41) is 18.4. The van der Waals surface area contributed by atoms with Crippen LogP contribution in [0.15, 0.2) is 34.4 Å². The molecule has 20 heteroatoms. The Morgan fingerprint density at radius 1 is 1.32 bits per heavy atom. The number of nitrogen functional groups attached to an aromatic ring is 1. The van der Waals surface area contributed by atoms with Crippen molar-refractivity contribution < 1.29 is 42.0 Å². The van der Waals surface area contributed by atoms with Crippen molar-refractivity contribution >= 4 is 56.3 Å². The predicted molar refractivity (Wildman–Crippen MR) is 142 cm³/mol. The lowest BCUT2D eigenvalue weighted by Gasteiger charge is -2.42. The maximum Gasteiger partial charge on any atom is 0.362 e. The van der Waals surface area contributed by atoms with Crippen molar-refractivity contribution in [1.29, 1.82) is 0 Å². The Labute approximate surface area is 236 Å². The minimum absolute atomic E-state index is 0.0530. The van der Waals surface area contributed by atoms with Crippen LogP contribution < -0.4 is 26.8 Å². The molecule has 0 radical (unpaired) electrons. The number of anilines is 1. The fraction of sp³-hybridized carbons (Fsp3) is 0.381. The molecule has 2 aliphatic rings. The molecule has 2 fully saturated rings. The van der Waals surface area contributed by atoms with E-state index in [0.717, 1.165) is 13.1 Å². The number of ether oxygens (including phenoxy) is 1. The number of aliphatic carboxylic acids is 1. The van der Waals surface area contributed by atoms with E-state index in [9.17, 15) is 27.9 Å². The molecule has 4 rings (SSSR count). The zero-order chi connectivity index (χ0) is 29.9. The van der Waals surface area contributed by atoms with Crippen LogP contribution in [-0.2, 0) is 29.5 Å². The van der Waals surface area contributed by atoms with E-state index in [1.165, 1.54) is 6.92 Å². The average Bonchev–Trinajstić information content (AvgIpc) is 3.31. The number of aliphatic imine (C=N–C) groups is 1. The van der Waals surface area contributed by atoms with Crippen molar-refractivity contribution in [3.05, 3.63) is 35.7 Å². The highest BCUT2D eigenvalue weighted by Gasteiger charge is 2.51. The van der Waals surface area contributed by atoms with Gasteiger partial charge in [-0.15, -0.1) is 0 Å². The molecule has 1 aromatic carbocycles. The van der Waals surface area contributed by atoms with E-state index in [0.29, 0.717) is 28.7 Å². The summed E-state index contributed by atoms with van der Waals surface area (Å²) >= 11 is 0.704. The van der Waals surface area contributed by atoms with Gasteiger partial charge in [0.15, 0.2) is 5.13 Å². The number of carbonyl (C=O) groups is 3. The van der Waals surface area contributed by atoms with Crippen LogP contribution in [0.3, 0.4) is 0 Å². The van der Waals surface area contributed by atoms with E-state index in [-0.39, 0.29) is 21.3 Å². The van der Waals surface area contributed by atoms with Gasteiger partial charge in [-0.05, 0) is 31.2 Å². The molecule has 0 spiro atoms. The van der Waals surface area contributed by atoms with Crippen LogP contribution in [0.25, 0.3) is 0 Å². The molecule has 0 saturated carbocycles. The Balaban J connectivity index is 1.43. The number of nitrogens with one attached hydrogen (secondary N) is 2. The van der Waals surface area contributed by atoms with Gasteiger partial charge >= 0.3 is 16.3 Å². The number of hydrogen-bond acceptors (Lipinski definition) is 14. The number of carboxylic acid groups (broad SMARTS) is 1. The number of nitrogens with zero attached hydrogens (tertiary/aromatic N) is 5. The second kappa shape index (κ2) is 12.0. The van der Waals surface area contributed by atoms with Crippen LogP contribution in [-0.4, -0.2) is 105 Å². The average molecular weight is 612 g/mol. The lowest BCUT2D eigenvalue weighted by molar-refractivity contribution is -0.152. The van der Waals surface area contributed by atoms with E-state index in [4.69, 9.17) is 25.6 Å². The molecule has 0 bridgehead atoms. The molecule has 2 saturated heterocycles. The van der Waals surface area contributed by atoms with Crippen LogP contribution >= 0.6 is 11.5 Å². The molecule has 2 aliphatic heterocycles. The summed E-state index contributed by atoms with van der Waals surface area (Å²) < 4.78 is 41.3. The van der Waals surface area contributed by atoms with E-state index in [1.54, 1.807) is 24.3 Å². The van der Waals surface area contributed by atoms with E-state index >= 15 is 0 Å². The van der Waals surface area contributed by atoms with Crippen LogP contribution in [0.5, 0.6) is 5.75 Å². The molecule has 41 heavy (non-hydrogen) atoms. The molecular formula is C21H25N9O9S2. The van der Waals surface area contributed by atoms with Gasteiger partial charge in [0.25, 0.3) is 17.9 Å². The number of amides is 2. The van der Waals surface area contributed by atoms with Gasteiger partial charge in [-0.3, -0.25) is 19.1 Å². The zero-order valence-electron chi connectivity index (χ0n) is 21.2. The van der Waals surface area contributed by atoms with E-state index in [1.807, 2.05) is 0 Å². The Kier molecular flexibility index (Phi) is 8.66. The van der Waals surface area contributed by atoms with Crippen molar-refractivity contribution in [3.8, 4) is 5.75 Å². The number of rotatable bonds is 12. The highest BCUT2D eigenvalue weighted by atomic mass is 32.2. The molecule has 3 atom stereocenters. The highest BCUT2D eigenvalue weighted by Crippen LogP contribution is 2.23. The van der Waals surface area contributed by atoms with Crippen molar-refractivity contribution in [1.82, 2.24) is 24.3 Å². The number of β-lactam (4-membered cyclic amide) rings is 1. The minimum Gasteiger partial charge on any atom is -0.489 e. The van der Waals surface area contributed by atoms with E-state index < -0.39 is 58.6 Å². The number of hydrogen-bond donors (Lipinski definition) is 6. The second-order valence-electron chi connectivity index (χ2n) is 8.79. The molecule has 1 unspecified atom stereocenters. The fourth-order valence-electron chi connectivity index (χ4n) is 3.62. The third-order valence-corrected chi connectivity index (χ3v) is 7.47. The maximum atomic E-state index is 12.9. The summed E-state index contributed by atoms with van der Waals surface area (Å²) in [5.74, 6) is -3.37. The lowest BCUT2D eigenvalue weighted by Crippen LogP contribution is -2.71. The number of carboxylic acids is 1. The van der Waals surface area contributed by atoms with Crippen LogP contribution in [0.2, 0.25) is 0 Å². The third kappa shape index (κ3) is 6.85. The molecule has 8 N–H and O–H groups in total. The van der Waals surface area contributed by atoms with Crippen LogP contribution in [0, 0.1) is 0 Å². The molecule has 18 nitrogen and oxygen atoms in total. The van der Waals surface area contributed by atoms with Gasteiger partial charge < -0.3 is 36.8 Å². The molecule has 3 heterocycles. The Morgan fingerprint density at radius 2 is 2.00 bits per heavy atom. The number of aromatic nitrogens is 2. The first-order valence-corrected chi connectivity index (χ1v) is 14.0. The Morgan fingerprint density at radius 3 is 2.51 bits per heavy atom. The number of amidine groups is 1. The lowest BCUT2D eigenvalue weighted by atomic mass is 10.0. The minimum atomic E-state index is -4.83. The van der Waals surface area contributed by atoms with Crippen LogP contribution in [0.1, 0.15) is 18.3 Å². The normalized spacial score (nSPS) is 20.5. The standard InChI is InChI=1S/C21H25N9O9S2/c1-9-14(19(32)30(9)41(35,36)37)26-18(31)15(17-27-21(23)40-29-17)28-39-13(20(33)34)8-38-12-4-2-10(3-5-12)16(22)25-11-6-24-7-11/h2-5,9,11,13-14,24H,6-8H2,1H3,(H2,22,25)(H,26,31)(H,33,34)(H2,23,27,29)(H,35,36,37)/b28-15-/t9-,13?,14-/m0/s1. The molecular weight excluding hydrogens is 586 g/mol. The Hall–Kier alpha value is -4.40. The molecule has 220 valence electrons. The van der Waals surface area contributed by atoms with Gasteiger partial charge in [0, 0.05) is 30.2 Å². The highest BCUT2D eigenvalue weighted by molar-refractivity contribution is 7.84. The summed E-state index contributed by atoms with van der Waals surface area (Å²) in [6, 6.07) is 4.08. The SMILES string of the molecule is C[C@H]1[C@H](NC(=O)/C(=N\OC(COc2ccc(C(N)=NC3CNC3)cc2)C(=O)O)c2nsc(N)n2)C(=O)N1S(=O)(=O)O. The number of oxime groups is 1. The van der Waals surface area contributed by atoms with Gasteiger partial charge in [-0.25, -0.2) is 9.10 Å². The van der Waals surface area contributed by atoms with Gasteiger partial charge in [0.2, 0.25) is 11.5 Å². The van der Waals surface area contributed by atoms with Gasteiger partial charge in [0.1, 0.15) is 24.2 Å². The van der Waals surface area contributed by atoms with Crippen molar-refractivity contribution in [2.45, 2.75) is 31.2 Å². The topological polar surface area (TPSA) is 274 Å². The monoisotopic (exact) mass is 611 g/mol. The smallest absolute Gasteiger partial charge is 0.362 e. The second-order valence-corrected chi connectivity index (χ2v) is 10.9. The first-order valence-electron chi connectivity index (χ1n) is 11.8. The number of nitrogens with two attached hydrogens (primary N) is 2. The fourth-order valence-corrected chi connectivity index (χ4v) is 4.94. The van der Waals surface area contributed by atoms with Crippen molar-refractivity contribution in [3.63, 3.8) is 0 Å². The predicted octanol–water partition coefficient (Wildman–Crippen LogP) is -2.43. The summed E-state index contributed by atoms with van der Waals surface area (Å²) in [5.41, 5.74) is 11.6. The van der Waals surface area contributed by atoms with Gasteiger partial charge in [-0.1, -0.05) is 5.16 Å². The number of benzene rings is 1. The third-order valence-electron chi connectivity index (χ3n) is 5.92.